The molecule has 1 amide bonds. The zero-order chi connectivity index (χ0) is 49.7. The van der Waals surface area contributed by atoms with Gasteiger partial charge in [-0.15, -0.1) is 0 Å². The van der Waals surface area contributed by atoms with Gasteiger partial charge >= 0.3 is 0 Å². The van der Waals surface area contributed by atoms with Crippen LogP contribution in [0.4, 0.5) is 0 Å². The first-order chi connectivity index (χ1) is 27.9. The van der Waals surface area contributed by atoms with Gasteiger partial charge in [-0.2, -0.15) is 42.1 Å². The van der Waals surface area contributed by atoms with Crippen LogP contribution in [-0.2, 0) is 14.3 Å². The summed E-state index contributed by atoms with van der Waals surface area (Å²) in [5.41, 5.74) is 7.92. The molecule has 6 heterocycles. The van der Waals surface area contributed by atoms with Crippen molar-refractivity contribution in [2.75, 3.05) is 12.4 Å². The van der Waals surface area contributed by atoms with Crippen molar-refractivity contribution >= 4 is 23.7 Å². The highest BCUT2D eigenvalue weighted by Crippen LogP contribution is 2.44. The summed E-state index contributed by atoms with van der Waals surface area (Å²) in [4.78, 5) is 24.8. The van der Waals surface area contributed by atoms with Gasteiger partial charge in [0, 0.05) is 27.8 Å². The number of rotatable bonds is 5. The van der Waals surface area contributed by atoms with Crippen LogP contribution in [0, 0.1) is 5.92 Å². The number of amides is 1. The van der Waals surface area contributed by atoms with E-state index in [1.165, 1.54) is 32.1 Å². The van der Waals surface area contributed by atoms with E-state index < -0.39 is 33.2 Å². The summed E-state index contributed by atoms with van der Waals surface area (Å²) >= 11 is 1.95. The fourth-order valence-corrected chi connectivity index (χ4v) is 9.46. The fourth-order valence-electron chi connectivity index (χ4n) is 9.05. The first kappa shape index (κ1) is 72.1. The maximum Gasteiger partial charge on any atom is 0.240 e. The number of hydrogen-bond acceptors (Lipinski definition) is 17. The van der Waals surface area contributed by atoms with Crippen molar-refractivity contribution in [1.82, 2.24) is 25.3 Å². The Kier molecular flexibility index (Phi) is 25.3. The molecule has 6 aliphatic heterocycles. The summed E-state index contributed by atoms with van der Waals surface area (Å²) in [5, 5.41) is 65.4. The Bertz CT molecular complexity index is 1750. The molecule has 0 aliphatic carbocycles. The Hall–Kier alpha value is -2.42. The molecular weight excluding hydrogens is 889 g/mol. The Morgan fingerprint density at radius 1 is 0.647 bits per heavy atom. The molecule has 0 aromatic heterocycles. The molecule has 3 unspecified atom stereocenters. The van der Waals surface area contributed by atoms with E-state index in [9.17, 15) is 40.7 Å². The lowest BCUT2D eigenvalue weighted by Crippen LogP contribution is -2.49. The Morgan fingerprint density at radius 2 is 1.03 bits per heavy atom. The molecule has 6 aliphatic rings. The highest BCUT2D eigenvalue weighted by Gasteiger charge is 2.54. The maximum absolute atomic E-state index is 11.1. The summed E-state index contributed by atoms with van der Waals surface area (Å²) in [6.45, 7) is 38.7. The number of hydrogen-bond donors (Lipinski definition) is 8. The first-order valence-corrected chi connectivity index (χ1v) is 22.7. The molecular formula is C50H104N8O9S. The number of carbonyl (C=O) groups excluding carboxylic acids is 2. The van der Waals surface area contributed by atoms with E-state index >= 15 is 0 Å². The summed E-state index contributed by atoms with van der Waals surface area (Å²) in [6.07, 6.45) is 8.43. The lowest BCUT2D eigenvalue weighted by atomic mass is 9.86. The van der Waals surface area contributed by atoms with Crippen molar-refractivity contribution in [3.63, 3.8) is 0 Å². The van der Waals surface area contributed by atoms with Crippen LogP contribution in [0.5, 0.6) is 0 Å². The molecule has 0 radical (unpaired) electrons. The van der Waals surface area contributed by atoms with Crippen molar-refractivity contribution in [3.8, 4) is 0 Å². The van der Waals surface area contributed by atoms with Gasteiger partial charge in [0.15, 0.2) is 0 Å². The Balaban J connectivity index is -0.000000371. The third-order valence-electron chi connectivity index (χ3n) is 13.3. The maximum atomic E-state index is 11.1. The van der Waals surface area contributed by atoms with E-state index in [4.69, 9.17) is 16.2 Å². The van der Waals surface area contributed by atoms with E-state index in [0.717, 1.165) is 23.8 Å². The second kappa shape index (κ2) is 23.9. The summed E-state index contributed by atoms with van der Waals surface area (Å²) < 4.78 is 5.93. The lowest BCUT2D eigenvalue weighted by Gasteiger charge is -2.35. The molecule has 3 atom stereocenters. The smallest absolute Gasteiger partial charge is 0.240 e. The molecule has 404 valence electrons. The fraction of sp³-hybridized carbons (Fsp3) is 0.840. The molecule has 0 spiro atoms. The number of thioether (sulfide) groups is 1. The number of primary amides is 1. The number of aliphatic hydroxyl groups excluding tert-OH is 1. The zero-order valence-corrected chi connectivity index (χ0v) is 42.8. The predicted octanol–water partition coefficient (Wildman–Crippen LogP) is 10.3. The standard InChI is InChI=1S/C11H21NO2S.C9H14N2O2.C9H18N2O2.C8H16N2O.C8H15NO2.5CH4/c1-10(2)5-9(11(3,4)12(10)13)14-6-8-7-15-8;1-8(2)5-7(10-6-12)9(3,4)11(8)13;1-8(2)5-6(7(10)12)9(3,4)11(8)13;1-7(2)5-6(9)8(3,4)10(7)11;1-7(2)5-6(10)8(3,4)9(7)11;;;;;/h8-9,13H,5-7H2,1-4H3;5,13H,1-4H3;6,13H,5H2,1-4H3,(H2,10,12);5,11H,9H2,1-4H3;5,10-11H,1-4H3;5*1H4. The largest absolute Gasteiger partial charge is 0.511 e. The van der Waals surface area contributed by atoms with Gasteiger partial charge in [0.2, 0.25) is 12.0 Å². The number of isocyanates is 1. The average Bonchev–Trinajstić information content (AvgIpc) is 3.85. The van der Waals surface area contributed by atoms with Gasteiger partial charge in [-0.25, -0.2) is 4.79 Å². The number of ether oxygens (including phenoxy) is 1. The molecule has 68 heavy (non-hydrogen) atoms. The van der Waals surface area contributed by atoms with Crippen LogP contribution in [0.3, 0.4) is 0 Å². The molecule has 6 rings (SSSR count). The summed E-state index contributed by atoms with van der Waals surface area (Å²) in [7, 11) is 0. The monoisotopic (exact) mass is 993 g/mol. The molecule has 3 saturated heterocycles. The quantitative estimate of drug-likeness (QED) is 0.0725. The highest BCUT2D eigenvalue weighted by molar-refractivity contribution is 8.06. The van der Waals surface area contributed by atoms with Gasteiger partial charge < -0.3 is 47.3 Å². The SMILES string of the molecule is C.C.C.C.C.CC1(C)C=C(N)C(C)(C)N1O.CC1(C)C=C(N=C=O)C(C)(C)N1O.CC1(C)C=C(O)C(C)(C)N1O.CC1(C)CC(C(N)=O)C(C)(C)N1O.CC1(C)CC(OCC2CS2)C(C)(C)N1O. The lowest BCUT2D eigenvalue weighted by molar-refractivity contribution is -0.204. The van der Waals surface area contributed by atoms with Gasteiger partial charge in [-0.3, -0.25) is 4.79 Å². The molecule has 10 N–H and O–H groups in total. The topological polar surface area (TPSA) is 245 Å². The third-order valence-corrected chi connectivity index (χ3v) is 14.3. The van der Waals surface area contributed by atoms with Gasteiger partial charge in [-0.1, -0.05) is 37.1 Å². The Labute approximate surface area is 418 Å². The van der Waals surface area contributed by atoms with E-state index in [1.807, 2.05) is 115 Å². The predicted molar refractivity (Wildman–Crippen MR) is 280 cm³/mol. The van der Waals surface area contributed by atoms with Crippen molar-refractivity contribution in [2.24, 2.45) is 22.4 Å². The molecule has 0 aromatic carbocycles. The van der Waals surface area contributed by atoms with Gasteiger partial charge in [0.05, 0.1) is 68.6 Å². The number of carbonyl (C=O) groups is 1. The molecule has 17 nitrogen and oxygen atoms in total. The van der Waals surface area contributed by atoms with Crippen molar-refractivity contribution in [1.29, 1.82) is 0 Å². The molecule has 0 bridgehead atoms. The number of aliphatic imine (C=N–C) groups is 1. The Morgan fingerprint density at radius 3 is 1.24 bits per heavy atom. The first-order valence-electron chi connectivity index (χ1n) is 21.6. The van der Waals surface area contributed by atoms with Crippen LogP contribution in [0.2, 0.25) is 0 Å². The van der Waals surface area contributed by atoms with E-state index in [0.29, 0.717) is 17.4 Å². The van der Waals surface area contributed by atoms with E-state index in [-0.39, 0.29) is 83.0 Å². The molecule has 3 fully saturated rings. The minimum atomic E-state index is -0.649. The van der Waals surface area contributed by atoms with Crippen LogP contribution < -0.4 is 11.5 Å². The number of hydroxylamine groups is 10. The van der Waals surface area contributed by atoms with Crippen LogP contribution in [-0.4, -0.2) is 148 Å². The third kappa shape index (κ3) is 15.3. The van der Waals surface area contributed by atoms with E-state index in [2.05, 4.69) is 18.8 Å². The molecule has 0 aromatic rings. The second-order valence-corrected chi connectivity index (χ2v) is 24.5. The van der Waals surface area contributed by atoms with Gasteiger partial charge in [0.25, 0.3) is 0 Å². The zero-order valence-electron chi connectivity index (χ0n) is 41.9. The van der Waals surface area contributed by atoms with Crippen molar-refractivity contribution in [3.05, 3.63) is 35.4 Å². The average molecular weight is 993 g/mol. The van der Waals surface area contributed by atoms with E-state index in [1.54, 1.807) is 39.8 Å². The summed E-state index contributed by atoms with van der Waals surface area (Å²) in [5.74, 6) is 0.839. The highest BCUT2D eigenvalue weighted by atomic mass is 32.2. The van der Waals surface area contributed by atoms with Crippen LogP contribution in [0.25, 0.3) is 0 Å². The number of nitrogens with two attached hydrogens (primary N) is 2. The number of nitrogens with zero attached hydrogens (tertiary/aromatic N) is 6. The van der Waals surface area contributed by atoms with Crippen LogP contribution >= 0.6 is 11.8 Å². The van der Waals surface area contributed by atoms with Crippen LogP contribution in [0.1, 0.15) is 188 Å². The second-order valence-electron chi connectivity index (χ2n) is 23.1. The van der Waals surface area contributed by atoms with Gasteiger partial charge in [0.1, 0.15) is 5.76 Å². The van der Waals surface area contributed by atoms with Crippen molar-refractivity contribution < 1.29 is 45.5 Å². The normalized spacial score (nSPS) is 28.6. The molecule has 18 heteroatoms. The van der Waals surface area contributed by atoms with Crippen LogP contribution in [0.15, 0.2) is 40.4 Å². The summed E-state index contributed by atoms with van der Waals surface area (Å²) in [6, 6.07) is 0. The molecule has 0 saturated carbocycles. The minimum absolute atomic E-state index is 0. The van der Waals surface area contributed by atoms with Gasteiger partial charge in [-0.05, 0) is 170 Å². The number of aliphatic hydroxyl groups is 1. The van der Waals surface area contributed by atoms with Crippen molar-refractivity contribution in [2.45, 2.75) is 255 Å². The minimum Gasteiger partial charge on any atom is -0.511 e.